The summed E-state index contributed by atoms with van der Waals surface area (Å²) >= 11 is 0. The number of unbranched alkanes of at least 4 members (excludes halogenated alkanes) is 12. The van der Waals surface area contributed by atoms with E-state index in [1.165, 1.54) is 77.7 Å². The number of aliphatic hydroxyl groups is 1. The fourth-order valence-corrected chi connectivity index (χ4v) is 4.60. The highest BCUT2D eigenvalue weighted by atomic mass is 16.6. The fraction of sp³-hybridized carbons (Fsp3) is 0.958. The maximum Gasteiger partial charge on any atom is 0.308 e. The second kappa shape index (κ2) is 14.4. The topological polar surface area (TPSA) is 55.8 Å². The average molecular weight is 415 g/mol. The van der Waals surface area contributed by atoms with Gasteiger partial charge in [0.25, 0.3) is 0 Å². The van der Waals surface area contributed by atoms with E-state index in [-0.39, 0.29) is 18.5 Å². The van der Waals surface area contributed by atoms with Gasteiger partial charge in [-0.05, 0) is 6.42 Å². The number of carbonyl (C=O) groups excluding carboxylic acids is 1. The normalized spacial score (nSPS) is 23.8. The van der Waals surface area contributed by atoms with Crippen LogP contribution in [0, 0.1) is 0 Å². The second-order valence-electron chi connectivity index (χ2n) is 9.74. The molecule has 1 N–H and O–H groups in total. The van der Waals surface area contributed by atoms with Crippen LogP contribution in [0.2, 0.25) is 0 Å². The van der Waals surface area contributed by atoms with Gasteiger partial charge in [0, 0.05) is 6.42 Å². The Morgan fingerprint density at radius 2 is 1.45 bits per heavy atom. The summed E-state index contributed by atoms with van der Waals surface area (Å²) in [5, 5.41) is 11.0. The van der Waals surface area contributed by atoms with Crippen molar-refractivity contribution in [2.75, 3.05) is 34.3 Å². The second-order valence-corrected chi connectivity index (χ2v) is 9.74. The zero-order valence-electron chi connectivity index (χ0n) is 19.7. The van der Waals surface area contributed by atoms with Crippen molar-refractivity contribution in [3.05, 3.63) is 0 Å². The van der Waals surface area contributed by atoms with Gasteiger partial charge in [-0.2, -0.15) is 0 Å². The molecule has 2 atom stereocenters. The van der Waals surface area contributed by atoms with E-state index in [0.29, 0.717) is 17.4 Å². The smallest absolute Gasteiger partial charge is 0.308 e. The zero-order chi connectivity index (χ0) is 21.6. The number of methoxy groups -OCH3 is 1. The number of carbonyl (C=O) groups is 1. The molecule has 1 rings (SSSR count). The van der Waals surface area contributed by atoms with Crippen molar-refractivity contribution in [3.8, 4) is 0 Å². The minimum absolute atomic E-state index is 0.207. The highest BCUT2D eigenvalue weighted by molar-refractivity contribution is 5.69. The number of rotatable bonds is 16. The van der Waals surface area contributed by atoms with Gasteiger partial charge >= 0.3 is 5.97 Å². The van der Waals surface area contributed by atoms with E-state index >= 15 is 0 Å². The molecule has 1 heterocycles. The Hall–Kier alpha value is -0.650. The molecule has 1 aliphatic rings. The van der Waals surface area contributed by atoms with E-state index in [1.807, 2.05) is 0 Å². The van der Waals surface area contributed by atoms with Gasteiger partial charge in [0.15, 0.2) is 0 Å². The molecule has 0 saturated carbocycles. The molecule has 29 heavy (non-hydrogen) atoms. The minimum atomic E-state index is -1.13. The molecule has 1 fully saturated rings. The van der Waals surface area contributed by atoms with Crippen molar-refractivity contribution in [2.45, 2.75) is 115 Å². The molecule has 172 valence electrons. The fourth-order valence-electron chi connectivity index (χ4n) is 4.60. The lowest BCUT2D eigenvalue weighted by Gasteiger charge is -2.46. The van der Waals surface area contributed by atoms with E-state index in [4.69, 9.17) is 9.47 Å². The molecule has 0 aliphatic carbocycles. The maximum absolute atomic E-state index is 11.6. The lowest BCUT2D eigenvalue weighted by atomic mass is 10.0. The maximum atomic E-state index is 11.6. The van der Waals surface area contributed by atoms with Crippen LogP contribution in [0.3, 0.4) is 0 Å². The third-order valence-corrected chi connectivity index (χ3v) is 6.05. The Kier molecular flexibility index (Phi) is 13.1. The predicted molar refractivity (Wildman–Crippen MR) is 119 cm³/mol. The molecule has 0 aromatic heterocycles. The Morgan fingerprint density at radius 1 is 0.966 bits per heavy atom. The standard InChI is InChI=1S/C24H48NO4/c1-5-6-7-8-9-10-11-12-13-14-15-16-17-18-24(27)21-25(2,3)20-22(29-24)19-23(26)28-4/h22,27H,5-21H2,1-4H3/q+1/t22-,24+/m1/s1. The lowest BCUT2D eigenvalue weighted by Crippen LogP contribution is -2.62. The Morgan fingerprint density at radius 3 is 1.93 bits per heavy atom. The summed E-state index contributed by atoms with van der Waals surface area (Å²) in [7, 11) is 5.56. The summed E-state index contributed by atoms with van der Waals surface area (Å²) in [6, 6.07) is 0. The van der Waals surface area contributed by atoms with Crippen LogP contribution in [0.25, 0.3) is 0 Å². The first-order valence-corrected chi connectivity index (χ1v) is 12.1. The Balaban J connectivity index is 2.11. The van der Waals surface area contributed by atoms with Gasteiger partial charge < -0.3 is 19.1 Å². The van der Waals surface area contributed by atoms with Crippen molar-refractivity contribution < 1.29 is 23.9 Å². The third-order valence-electron chi connectivity index (χ3n) is 6.05. The van der Waals surface area contributed by atoms with Crippen molar-refractivity contribution in [3.63, 3.8) is 0 Å². The number of esters is 1. The minimum Gasteiger partial charge on any atom is -0.469 e. The Bertz CT molecular complexity index is 441. The molecule has 0 spiro atoms. The predicted octanol–water partition coefficient (Wildman–Crippen LogP) is 5.19. The lowest BCUT2D eigenvalue weighted by molar-refractivity contribution is -0.915. The molecule has 5 heteroatoms. The summed E-state index contributed by atoms with van der Waals surface area (Å²) < 4.78 is 11.4. The SMILES string of the molecule is CCCCCCCCCCCCCCC[C@@]1(O)C[N+](C)(C)C[C@@H](CC(=O)OC)O1. The number of quaternary nitrogens is 1. The molecular weight excluding hydrogens is 366 g/mol. The first kappa shape index (κ1) is 26.4. The van der Waals surface area contributed by atoms with Crippen LogP contribution in [0.4, 0.5) is 0 Å². The first-order chi connectivity index (χ1) is 13.8. The van der Waals surface area contributed by atoms with Crippen molar-refractivity contribution >= 4 is 5.97 Å². The Labute approximate surface area is 179 Å². The van der Waals surface area contributed by atoms with Crippen LogP contribution in [0.5, 0.6) is 0 Å². The van der Waals surface area contributed by atoms with Crippen molar-refractivity contribution in [2.24, 2.45) is 0 Å². The number of hydrogen-bond acceptors (Lipinski definition) is 4. The number of hydrogen-bond donors (Lipinski definition) is 1. The third kappa shape index (κ3) is 12.6. The van der Waals surface area contributed by atoms with Crippen LogP contribution in [-0.2, 0) is 14.3 Å². The van der Waals surface area contributed by atoms with Gasteiger partial charge in [-0.1, -0.05) is 84.0 Å². The van der Waals surface area contributed by atoms with E-state index < -0.39 is 5.79 Å². The summed E-state index contributed by atoms with van der Waals surface area (Å²) in [5.41, 5.74) is 0. The summed E-state index contributed by atoms with van der Waals surface area (Å²) in [6.45, 7) is 3.56. The average Bonchev–Trinajstić information content (AvgIpc) is 2.63. The van der Waals surface area contributed by atoms with E-state index in [1.54, 1.807) is 0 Å². The first-order valence-electron chi connectivity index (χ1n) is 12.1. The van der Waals surface area contributed by atoms with Gasteiger partial charge in [0.2, 0.25) is 5.79 Å². The van der Waals surface area contributed by atoms with E-state index in [9.17, 15) is 9.90 Å². The van der Waals surface area contributed by atoms with Crippen LogP contribution < -0.4 is 0 Å². The molecule has 5 nitrogen and oxygen atoms in total. The molecule has 0 amide bonds. The number of morpholine rings is 1. The van der Waals surface area contributed by atoms with Gasteiger partial charge in [-0.3, -0.25) is 4.79 Å². The number of likely N-dealkylation sites (N-methyl/N-ethyl adjacent to an activating group) is 1. The molecule has 0 aromatic rings. The summed E-state index contributed by atoms with van der Waals surface area (Å²) in [5.74, 6) is -1.40. The van der Waals surface area contributed by atoms with Crippen LogP contribution in [0.1, 0.15) is 103 Å². The van der Waals surface area contributed by atoms with Gasteiger partial charge in [0.1, 0.15) is 19.2 Å². The van der Waals surface area contributed by atoms with Crippen LogP contribution in [0.15, 0.2) is 0 Å². The van der Waals surface area contributed by atoms with Crippen molar-refractivity contribution in [1.82, 2.24) is 0 Å². The highest BCUT2D eigenvalue weighted by Crippen LogP contribution is 2.29. The molecule has 0 radical (unpaired) electrons. The quantitative estimate of drug-likeness (QED) is 0.214. The van der Waals surface area contributed by atoms with Crippen LogP contribution >= 0.6 is 0 Å². The summed E-state index contributed by atoms with van der Waals surface area (Å²) in [6.07, 6.45) is 17.6. The molecule has 0 aromatic carbocycles. The van der Waals surface area contributed by atoms with Gasteiger partial charge in [-0.15, -0.1) is 0 Å². The van der Waals surface area contributed by atoms with Gasteiger partial charge in [0.05, 0.1) is 27.6 Å². The molecular formula is C24H48NO4+. The molecule has 1 aliphatic heterocycles. The zero-order valence-corrected chi connectivity index (χ0v) is 19.7. The highest BCUT2D eigenvalue weighted by Gasteiger charge is 2.45. The summed E-state index contributed by atoms with van der Waals surface area (Å²) in [4.78, 5) is 11.6. The van der Waals surface area contributed by atoms with Crippen LogP contribution in [-0.4, -0.2) is 61.7 Å². The van der Waals surface area contributed by atoms with Crippen molar-refractivity contribution in [1.29, 1.82) is 0 Å². The number of nitrogens with zero attached hydrogens (tertiary/aromatic N) is 1. The van der Waals surface area contributed by atoms with E-state index in [0.717, 1.165) is 19.4 Å². The molecule has 1 saturated heterocycles. The van der Waals surface area contributed by atoms with E-state index in [2.05, 4.69) is 21.0 Å². The molecule has 0 unspecified atom stereocenters. The van der Waals surface area contributed by atoms with Gasteiger partial charge in [-0.25, -0.2) is 0 Å². The molecule has 0 bridgehead atoms. The largest absolute Gasteiger partial charge is 0.469 e. The number of ether oxygens (including phenoxy) is 2. The monoisotopic (exact) mass is 414 g/mol.